The molecule has 0 aliphatic heterocycles. The molecule has 1 aromatic heterocycles. The van der Waals surface area contributed by atoms with E-state index in [9.17, 15) is 8.78 Å². The fourth-order valence-electron chi connectivity index (χ4n) is 2.17. The van der Waals surface area contributed by atoms with Crippen LogP contribution in [0.2, 0.25) is 0 Å². The average Bonchev–Trinajstić information content (AvgIpc) is 3.27. The van der Waals surface area contributed by atoms with E-state index in [-0.39, 0.29) is 11.6 Å². The minimum Gasteiger partial charge on any atom is -0.450 e. The summed E-state index contributed by atoms with van der Waals surface area (Å²) in [5, 5.41) is 0. The van der Waals surface area contributed by atoms with Gasteiger partial charge in [0.15, 0.2) is 23.1 Å². The standard InChI is InChI=1S/C16H16F2N2O/c17-12-5-6-14(13(18)8-12)21-15-7-11(9-20-16(15)19)4-3-10-1-2-10/h5-10H,1-4H2,(H2,19,20). The van der Waals surface area contributed by atoms with Crippen LogP contribution in [0.3, 0.4) is 0 Å². The van der Waals surface area contributed by atoms with E-state index in [4.69, 9.17) is 10.5 Å². The zero-order valence-electron chi connectivity index (χ0n) is 11.5. The van der Waals surface area contributed by atoms with Crippen molar-refractivity contribution in [3.05, 3.63) is 47.7 Å². The first kappa shape index (κ1) is 13.8. The van der Waals surface area contributed by atoms with Crippen molar-refractivity contribution in [1.82, 2.24) is 4.98 Å². The summed E-state index contributed by atoms with van der Waals surface area (Å²) in [6.07, 6.45) is 6.33. The number of benzene rings is 1. The molecule has 2 N–H and O–H groups in total. The maximum absolute atomic E-state index is 13.6. The second kappa shape index (κ2) is 5.68. The fourth-order valence-corrected chi connectivity index (χ4v) is 2.17. The Morgan fingerprint density at radius 1 is 1.19 bits per heavy atom. The largest absolute Gasteiger partial charge is 0.450 e. The zero-order chi connectivity index (χ0) is 14.8. The third-order valence-corrected chi connectivity index (χ3v) is 3.59. The molecule has 21 heavy (non-hydrogen) atoms. The van der Waals surface area contributed by atoms with Crippen molar-refractivity contribution in [2.45, 2.75) is 25.7 Å². The maximum Gasteiger partial charge on any atom is 0.169 e. The van der Waals surface area contributed by atoms with Gasteiger partial charge in [-0.05, 0) is 42.5 Å². The molecular formula is C16H16F2N2O. The highest BCUT2D eigenvalue weighted by Gasteiger charge is 2.20. The molecular weight excluding hydrogens is 274 g/mol. The maximum atomic E-state index is 13.6. The van der Waals surface area contributed by atoms with Crippen molar-refractivity contribution < 1.29 is 13.5 Å². The van der Waals surface area contributed by atoms with E-state index in [0.717, 1.165) is 36.5 Å². The SMILES string of the molecule is Nc1ncc(CCC2CC2)cc1Oc1ccc(F)cc1F. The molecule has 1 aliphatic carbocycles. The molecule has 1 saturated carbocycles. The lowest BCUT2D eigenvalue weighted by Crippen LogP contribution is -1.99. The number of rotatable bonds is 5. The van der Waals surface area contributed by atoms with Gasteiger partial charge in [-0.3, -0.25) is 0 Å². The Morgan fingerprint density at radius 2 is 2.00 bits per heavy atom. The quantitative estimate of drug-likeness (QED) is 0.902. The molecule has 5 heteroatoms. The molecule has 3 nitrogen and oxygen atoms in total. The number of pyridine rings is 1. The molecule has 1 aliphatic rings. The summed E-state index contributed by atoms with van der Waals surface area (Å²) in [4.78, 5) is 4.08. The molecule has 0 bridgehead atoms. The highest BCUT2D eigenvalue weighted by molar-refractivity contribution is 5.49. The summed E-state index contributed by atoms with van der Waals surface area (Å²) < 4.78 is 31.9. The Labute approximate surface area is 121 Å². The number of halogens is 2. The molecule has 0 atom stereocenters. The fraction of sp³-hybridized carbons (Fsp3) is 0.312. The first-order valence-corrected chi connectivity index (χ1v) is 6.99. The lowest BCUT2D eigenvalue weighted by Gasteiger charge is -2.10. The Hall–Kier alpha value is -2.17. The van der Waals surface area contributed by atoms with Crippen molar-refractivity contribution in [3.63, 3.8) is 0 Å². The molecule has 0 amide bonds. The summed E-state index contributed by atoms with van der Waals surface area (Å²) >= 11 is 0. The molecule has 1 heterocycles. The number of aryl methyl sites for hydroxylation is 1. The summed E-state index contributed by atoms with van der Waals surface area (Å²) in [5.74, 6) is -0.171. The molecule has 0 saturated heterocycles. The predicted molar refractivity (Wildman–Crippen MR) is 76.1 cm³/mol. The highest BCUT2D eigenvalue weighted by atomic mass is 19.1. The Kier molecular flexibility index (Phi) is 3.73. The zero-order valence-corrected chi connectivity index (χ0v) is 11.5. The summed E-state index contributed by atoms with van der Waals surface area (Å²) in [7, 11) is 0. The van der Waals surface area contributed by atoms with Crippen LogP contribution in [0.4, 0.5) is 14.6 Å². The molecule has 1 fully saturated rings. The first-order chi connectivity index (χ1) is 10.1. The molecule has 1 aromatic carbocycles. The molecule has 0 unspecified atom stereocenters. The lowest BCUT2D eigenvalue weighted by atomic mass is 10.1. The van der Waals surface area contributed by atoms with Crippen LogP contribution in [0.25, 0.3) is 0 Å². The number of nitrogens with two attached hydrogens (primary N) is 1. The van der Waals surface area contributed by atoms with Gasteiger partial charge in [-0.15, -0.1) is 0 Å². The van der Waals surface area contributed by atoms with E-state index in [1.54, 1.807) is 12.3 Å². The number of anilines is 1. The summed E-state index contributed by atoms with van der Waals surface area (Å²) in [5.41, 5.74) is 6.76. The average molecular weight is 290 g/mol. The van der Waals surface area contributed by atoms with Crippen molar-refractivity contribution in [1.29, 1.82) is 0 Å². The van der Waals surface area contributed by atoms with Crippen LogP contribution in [0.1, 0.15) is 24.8 Å². The van der Waals surface area contributed by atoms with Crippen molar-refractivity contribution in [2.24, 2.45) is 5.92 Å². The van der Waals surface area contributed by atoms with Crippen molar-refractivity contribution in [3.8, 4) is 11.5 Å². The number of nitrogens with zero attached hydrogens (tertiary/aromatic N) is 1. The summed E-state index contributed by atoms with van der Waals surface area (Å²) in [6.45, 7) is 0. The molecule has 0 spiro atoms. The van der Waals surface area contributed by atoms with Gasteiger partial charge in [-0.2, -0.15) is 0 Å². The molecule has 3 rings (SSSR count). The lowest BCUT2D eigenvalue weighted by molar-refractivity contribution is 0.437. The van der Waals surface area contributed by atoms with E-state index < -0.39 is 11.6 Å². The highest BCUT2D eigenvalue weighted by Crippen LogP contribution is 2.34. The summed E-state index contributed by atoms with van der Waals surface area (Å²) in [6, 6.07) is 4.92. The van der Waals surface area contributed by atoms with Crippen LogP contribution in [-0.4, -0.2) is 4.98 Å². The Balaban J connectivity index is 1.77. The number of aromatic nitrogens is 1. The minimum atomic E-state index is -0.766. The van der Waals surface area contributed by atoms with Crippen LogP contribution in [0.5, 0.6) is 11.5 Å². The van der Waals surface area contributed by atoms with Gasteiger partial charge in [0.05, 0.1) is 0 Å². The van der Waals surface area contributed by atoms with Gasteiger partial charge in [0, 0.05) is 12.3 Å². The van der Waals surface area contributed by atoms with Gasteiger partial charge in [0.1, 0.15) is 5.82 Å². The van der Waals surface area contributed by atoms with Crippen LogP contribution in [0.15, 0.2) is 30.5 Å². The topological polar surface area (TPSA) is 48.1 Å². The monoisotopic (exact) mass is 290 g/mol. The van der Waals surface area contributed by atoms with Gasteiger partial charge in [0.2, 0.25) is 0 Å². The van der Waals surface area contributed by atoms with Crippen LogP contribution in [0, 0.1) is 17.6 Å². The van der Waals surface area contributed by atoms with Gasteiger partial charge in [-0.1, -0.05) is 12.8 Å². The number of ether oxygens (including phenoxy) is 1. The second-order valence-electron chi connectivity index (χ2n) is 5.39. The molecule has 2 aromatic rings. The number of nitrogen functional groups attached to an aromatic ring is 1. The van der Waals surface area contributed by atoms with E-state index in [1.807, 2.05) is 0 Å². The van der Waals surface area contributed by atoms with E-state index in [2.05, 4.69) is 4.98 Å². The van der Waals surface area contributed by atoms with Crippen molar-refractivity contribution >= 4 is 5.82 Å². The Bertz CT molecular complexity index is 657. The normalized spacial score (nSPS) is 14.2. The second-order valence-corrected chi connectivity index (χ2v) is 5.39. The predicted octanol–water partition coefficient (Wildman–Crippen LogP) is 4.08. The first-order valence-electron chi connectivity index (χ1n) is 6.99. The smallest absolute Gasteiger partial charge is 0.169 e. The number of hydrogen-bond acceptors (Lipinski definition) is 3. The van der Waals surface area contributed by atoms with Crippen LogP contribution < -0.4 is 10.5 Å². The van der Waals surface area contributed by atoms with Gasteiger partial charge >= 0.3 is 0 Å². The third kappa shape index (κ3) is 3.48. The van der Waals surface area contributed by atoms with Gasteiger partial charge in [-0.25, -0.2) is 13.8 Å². The minimum absolute atomic E-state index is 0.0655. The number of hydrogen-bond donors (Lipinski definition) is 1. The third-order valence-electron chi connectivity index (χ3n) is 3.59. The van der Waals surface area contributed by atoms with E-state index in [0.29, 0.717) is 5.75 Å². The Morgan fingerprint density at radius 3 is 2.71 bits per heavy atom. The van der Waals surface area contributed by atoms with E-state index in [1.165, 1.54) is 18.9 Å². The molecule has 110 valence electrons. The van der Waals surface area contributed by atoms with Crippen LogP contribution in [-0.2, 0) is 6.42 Å². The van der Waals surface area contributed by atoms with E-state index >= 15 is 0 Å². The van der Waals surface area contributed by atoms with Crippen molar-refractivity contribution in [2.75, 3.05) is 5.73 Å². The van der Waals surface area contributed by atoms with Gasteiger partial charge < -0.3 is 10.5 Å². The van der Waals surface area contributed by atoms with Gasteiger partial charge in [0.25, 0.3) is 0 Å². The van der Waals surface area contributed by atoms with Crippen LogP contribution >= 0.6 is 0 Å². The molecule has 0 radical (unpaired) electrons.